The van der Waals surface area contributed by atoms with Crippen LogP contribution in [-0.4, -0.2) is 45.5 Å². The Hall–Kier alpha value is -3.69. The number of methoxy groups -OCH3 is 2. The lowest BCUT2D eigenvalue weighted by Crippen LogP contribution is -2.28. The van der Waals surface area contributed by atoms with Gasteiger partial charge in [0.1, 0.15) is 5.75 Å². The zero-order chi connectivity index (χ0) is 25.7. The van der Waals surface area contributed by atoms with Gasteiger partial charge in [-0.05, 0) is 48.7 Å². The molecule has 9 heteroatoms. The second kappa shape index (κ2) is 10.9. The number of aromatic nitrogens is 1. The number of hydrogen-bond donors (Lipinski definition) is 0. The summed E-state index contributed by atoms with van der Waals surface area (Å²) in [6.45, 7) is 0.311. The molecule has 0 aliphatic heterocycles. The summed E-state index contributed by atoms with van der Waals surface area (Å²) in [6, 6.07) is 18.5. The monoisotopic (exact) mass is 510 g/mol. The van der Waals surface area contributed by atoms with Crippen molar-refractivity contribution >= 4 is 20.9 Å². The number of nitrogens with zero attached hydrogens (tertiary/aromatic N) is 2. The quantitative estimate of drug-likeness (QED) is 0.283. The van der Waals surface area contributed by atoms with Gasteiger partial charge in [-0.25, -0.2) is 17.1 Å². The number of ether oxygens (including phenoxy) is 3. The van der Waals surface area contributed by atoms with E-state index in [1.165, 1.54) is 43.9 Å². The van der Waals surface area contributed by atoms with Gasteiger partial charge < -0.3 is 14.2 Å². The van der Waals surface area contributed by atoms with Crippen LogP contribution in [0.5, 0.6) is 23.0 Å². The largest absolute Gasteiger partial charge is 0.493 e. The van der Waals surface area contributed by atoms with Crippen molar-refractivity contribution in [2.75, 3.05) is 27.8 Å². The lowest BCUT2D eigenvalue weighted by atomic mass is 10.1. The molecule has 0 N–H and O–H groups in total. The summed E-state index contributed by atoms with van der Waals surface area (Å²) >= 11 is 0. The Morgan fingerprint density at radius 1 is 0.889 bits per heavy atom. The Bertz CT molecular complexity index is 1460. The van der Waals surface area contributed by atoms with Crippen LogP contribution in [0.3, 0.4) is 0 Å². The topological polar surface area (TPSA) is 78.0 Å². The van der Waals surface area contributed by atoms with Gasteiger partial charge in [-0.1, -0.05) is 30.3 Å². The maximum absolute atomic E-state index is 15.0. The molecule has 7 nitrogen and oxygen atoms in total. The first-order valence-corrected chi connectivity index (χ1v) is 12.8. The number of benzene rings is 3. The third kappa shape index (κ3) is 5.42. The van der Waals surface area contributed by atoms with Gasteiger partial charge in [-0.2, -0.15) is 0 Å². The summed E-state index contributed by atoms with van der Waals surface area (Å²) in [7, 11) is 0.669. The Balaban J connectivity index is 1.52. The molecule has 188 valence electrons. The van der Waals surface area contributed by atoms with Crippen LogP contribution in [0.15, 0.2) is 77.8 Å². The number of pyridine rings is 1. The highest BCUT2D eigenvalue weighted by molar-refractivity contribution is 7.89. The van der Waals surface area contributed by atoms with E-state index >= 15 is 0 Å². The molecule has 0 spiro atoms. The molecule has 1 aromatic heterocycles. The lowest BCUT2D eigenvalue weighted by molar-refractivity contribution is 0.355. The Labute approximate surface area is 210 Å². The molecule has 0 unspecified atom stereocenters. The number of rotatable bonds is 10. The molecule has 0 fully saturated rings. The standard InChI is InChI=1S/C27H27FN2O5S/c1-30(15-7-10-19-8-5-4-6-9-19)36(31,32)20-11-12-25(22(28)16-20)35-24-13-14-29-23-18-27(34-3)26(33-2)17-21(23)24/h4-6,8-9,11-14,16-18H,7,10,15H2,1-3H3. The molecule has 0 bridgehead atoms. The second-order valence-electron chi connectivity index (χ2n) is 8.14. The zero-order valence-electron chi connectivity index (χ0n) is 20.3. The van der Waals surface area contributed by atoms with E-state index in [1.807, 2.05) is 30.3 Å². The summed E-state index contributed by atoms with van der Waals surface area (Å²) < 4.78 is 58.7. The molecular weight excluding hydrogens is 483 g/mol. The van der Waals surface area contributed by atoms with Crippen LogP contribution in [0.2, 0.25) is 0 Å². The van der Waals surface area contributed by atoms with Gasteiger partial charge >= 0.3 is 0 Å². The lowest BCUT2D eigenvalue weighted by Gasteiger charge is -2.18. The van der Waals surface area contributed by atoms with Gasteiger partial charge in [0.2, 0.25) is 10.0 Å². The predicted molar refractivity (Wildman–Crippen MR) is 136 cm³/mol. The highest BCUT2D eigenvalue weighted by Gasteiger charge is 2.22. The highest BCUT2D eigenvalue weighted by Crippen LogP contribution is 2.37. The fourth-order valence-corrected chi connectivity index (χ4v) is 5.05. The van der Waals surface area contributed by atoms with Crippen LogP contribution in [-0.2, 0) is 16.4 Å². The van der Waals surface area contributed by atoms with E-state index in [-0.39, 0.29) is 10.6 Å². The third-order valence-electron chi connectivity index (χ3n) is 5.82. The number of halogens is 1. The minimum absolute atomic E-state index is 0.108. The average molecular weight is 511 g/mol. The summed E-state index contributed by atoms with van der Waals surface area (Å²) in [5.41, 5.74) is 1.71. The molecule has 0 aliphatic carbocycles. The van der Waals surface area contributed by atoms with E-state index in [4.69, 9.17) is 14.2 Å². The van der Waals surface area contributed by atoms with Crippen molar-refractivity contribution in [3.05, 3.63) is 84.3 Å². The van der Waals surface area contributed by atoms with Gasteiger partial charge in [-0.3, -0.25) is 4.98 Å². The summed E-state index contributed by atoms with van der Waals surface area (Å²) in [4.78, 5) is 4.17. The van der Waals surface area contributed by atoms with Crippen molar-refractivity contribution in [3.8, 4) is 23.0 Å². The van der Waals surface area contributed by atoms with Crippen molar-refractivity contribution < 1.29 is 27.0 Å². The molecule has 0 atom stereocenters. The van der Waals surface area contributed by atoms with Gasteiger partial charge in [0.05, 0.1) is 24.6 Å². The molecular formula is C27H27FN2O5S. The number of sulfonamides is 1. The Morgan fingerprint density at radius 3 is 2.31 bits per heavy atom. The molecule has 3 aromatic carbocycles. The first kappa shape index (κ1) is 25.4. The first-order valence-electron chi connectivity index (χ1n) is 11.3. The molecule has 4 aromatic rings. The van der Waals surface area contributed by atoms with Gasteiger partial charge in [0.25, 0.3) is 0 Å². The molecule has 0 saturated heterocycles. The Morgan fingerprint density at radius 2 is 1.61 bits per heavy atom. The SMILES string of the molecule is COc1cc2nccc(Oc3ccc(S(=O)(=O)N(C)CCCc4ccccc4)cc3F)c2cc1OC. The fraction of sp³-hybridized carbons (Fsp3) is 0.222. The van der Waals surface area contributed by atoms with E-state index in [0.29, 0.717) is 41.1 Å². The number of aryl methyl sites for hydroxylation is 1. The van der Waals surface area contributed by atoms with E-state index in [9.17, 15) is 12.8 Å². The maximum Gasteiger partial charge on any atom is 0.242 e. The molecule has 0 aliphatic rings. The summed E-state index contributed by atoms with van der Waals surface area (Å²) in [5.74, 6) is 0.416. The smallest absolute Gasteiger partial charge is 0.242 e. The second-order valence-corrected chi connectivity index (χ2v) is 10.2. The van der Waals surface area contributed by atoms with Crippen LogP contribution >= 0.6 is 0 Å². The van der Waals surface area contributed by atoms with E-state index in [0.717, 1.165) is 18.1 Å². The number of fused-ring (bicyclic) bond motifs is 1. The highest BCUT2D eigenvalue weighted by atomic mass is 32.2. The van der Waals surface area contributed by atoms with Crippen molar-refractivity contribution in [2.45, 2.75) is 17.7 Å². The minimum atomic E-state index is -3.86. The van der Waals surface area contributed by atoms with Crippen molar-refractivity contribution in [2.24, 2.45) is 0 Å². The van der Waals surface area contributed by atoms with Crippen LogP contribution in [0.1, 0.15) is 12.0 Å². The van der Waals surface area contributed by atoms with Crippen molar-refractivity contribution in [1.82, 2.24) is 9.29 Å². The third-order valence-corrected chi connectivity index (χ3v) is 7.67. The molecule has 0 saturated carbocycles. The van der Waals surface area contributed by atoms with Gasteiger partial charge in [0.15, 0.2) is 23.1 Å². The van der Waals surface area contributed by atoms with Crippen LogP contribution in [0.25, 0.3) is 10.9 Å². The maximum atomic E-state index is 15.0. The van der Waals surface area contributed by atoms with Crippen molar-refractivity contribution in [3.63, 3.8) is 0 Å². The molecule has 4 rings (SSSR count). The predicted octanol–water partition coefficient (Wildman–Crippen LogP) is 5.44. The number of hydrogen-bond acceptors (Lipinski definition) is 6. The average Bonchev–Trinajstić information content (AvgIpc) is 2.89. The van der Waals surface area contributed by atoms with Crippen LogP contribution < -0.4 is 14.2 Å². The van der Waals surface area contributed by atoms with E-state index in [2.05, 4.69) is 4.98 Å². The molecule has 1 heterocycles. The van der Waals surface area contributed by atoms with Crippen molar-refractivity contribution in [1.29, 1.82) is 0 Å². The Kier molecular flexibility index (Phi) is 7.71. The molecule has 36 heavy (non-hydrogen) atoms. The van der Waals surface area contributed by atoms with Gasteiger partial charge in [0, 0.05) is 31.2 Å². The normalized spacial score (nSPS) is 11.6. The van der Waals surface area contributed by atoms with E-state index in [1.54, 1.807) is 18.2 Å². The summed E-state index contributed by atoms with van der Waals surface area (Å²) in [5, 5.41) is 0.587. The first-order chi connectivity index (χ1) is 17.3. The zero-order valence-corrected chi connectivity index (χ0v) is 21.1. The van der Waals surface area contributed by atoms with Gasteiger partial charge in [-0.15, -0.1) is 0 Å². The summed E-state index contributed by atoms with van der Waals surface area (Å²) in [6.07, 6.45) is 2.93. The van der Waals surface area contributed by atoms with E-state index < -0.39 is 15.8 Å². The van der Waals surface area contributed by atoms with Crippen LogP contribution in [0, 0.1) is 5.82 Å². The fourth-order valence-electron chi connectivity index (χ4n) is 3.83. The van der Waals surface area contributed by atoms with Crippen LogP contribution in [0.4, 0.5) is 4.39 Å². The minimum Gasteiger partial charge on any atom is -0.493 e. The molecule has 0 radical (unpaired) electrons. The molecule has 0 amide bonds.